The van der Waals surface area contributed by atoms with Crippen molar-refractivity contribution in [2.24, 2.45) is 0 Å². The first-order valence-electron chi connectivity index (χ1n) is 8.31. The van der Waals surface area contributed by atoms with E-state index in [4.69, 9.17) is 23.2 Å². The molecule has 2 atom stereocenters. The van der Waals surface area contributed by atoms with Gasteiger partial charge in [-0.05, 0) is 31.9 Å². The first-order chi connectivity index (χ1) is 11.9. The van der Waals surface area contributed by atoms with Crippen LogP contribution in [0.3, 0.4) is 0 Å². The minimum atomic E-state index is -1.23. The standard InChI is InChI=1S/C18H22Cl2N4O/c1-13-5-7-23(8-6-13)14(2)18(25,10-24-12-21-11-22-24)16-4-3-15(19)9-17(16)20/h3-4,9,11-12,14,25H,1,5-8,10H2,2H3/t14-,18-/m1/s1. The van der Waals surface area contributed by atoms with Gasteiger partial charge in [0.15, 0.2) is 0 Å². The van der Waals surface area contributed by atoms with Gasteiger partial charge in [-0.15, -0.1) is 0 Å². The summed E-state index contributed by atoms with van der Waals surface area (Å²) in [6.07, 6.45) is 4.94. The van der Waals surface area contributed by atoms with Gasteiger partial charge in [-0.1, -0.05) is 41.4 Å². The third-order valence-corrected chi connectivity index (χ3v) is 5.56. The van der Waals surface area contributed by atoms with Crippen LogP contribution < -0.4 is 0 Å². The fourth-order valence-electron chi connectivity index (χ4n) is 3.37. The molecule has 0 saturated carbocycles. The second-order valence-electron chi connectivity index (χ2n) is 6.60. The van der Waals surface area contributed by atoms with E-state index in [0.717, 1.165) is 25.9 Å². The van der Waals surface area contributed by atoms with Gasteiger partial charge < -0.3 is 5.11 Å². The third kappa shape index (κ3) is 3.90. The number of halogens is 2. The summed E-state index contributed by atoms with van der Waals surface area (Å²) in [4.78, 5) is 6.25. The SMILES string of the molecule is C=C1CCN([C@H](C)[C@](O)(Cn2cncn2)c2ccc(Cl)cc2Cl)CC1. The minimum absolute atomic E-state index is 0.163. The minimum Gasteiger partial charge on any atom is -0.382 e. The highest BCUT2D eigenvalue weighted by Crippen LogP contribution is 2.37. The number of nitrogens with zero attached hydrogens (tertiary/aromatic N) is 4. The van der Waals surface area contributed by atoms with Crippen molar-refractivity contribution in [1.29, 1.82) is 0 Å². The quantitative estimate of drug-likeness (QED) is 0.806. The number of rotatable bonds is 5. The predicted octanol–water partition coefficient (Wildman–Crippen LogP) is 3.51. The third-order valence-electron chi connectivity index (χ3n) is 5.01. The Morgan fingerprint density at radius 1 is 1.32 bits per heavy atom. The zero-order valence-corrected chi connectivity index (χ0v) is 15.7. The summed E-state index contributed by atoms with van der Waals surface area (Å²) in [5.41, 5.74) is 0.673. The molecule has 0 spiro atoms. The van der Waals surface area contributed by atoms with E-state index in [1.54, 1.807) is 29.2 Å². The molecule has 1 N–H and O–H groups in total. The molecule has 1 fully saturated rings. The molecule has 25 heavy (non-hydrogen) atoms. The Morgan fingerprint density at radius 3 is 2.64 bits per heavy atom. The second kappa shape index (κ2) is 7.46. The highest BCUT2D eigenvalue weighted by molar-refractivity contribution is 6.35. The zero-order valence-electron chi connectivity index (χ0n) is 14.2. The van der Waals surface area contributed by atoms with E-state index in [1.807, 2.05) is 6.92 Å². The van der Waals surface area contributed by atoms with Gasteiger partial charge >= 0.3 is 0 Å². The summed E-state index contributed by atoms with van der Waals surface area (Å²) < 4.78 is 1.63. The monoisotopic (exact) mass is 380 g/mol. The van der Waals surface area contributed by atoms with Crippen LogP contribution >= 0.6 is 23.2 Å². The molecule has 1 aromatic carbocycles. The normalized spacial score (nSPS) is 19.6. The summed E-state index contributed by atoms with van der Waals surface area (Å²) >= 11 is 12.5. The molecule has 0 bridgehead atoms. The molecule has 2 aromatic rings. The van der Waals surface area contributed by atoms with Gasteiger partial charge in [0, 0.05) is 34.7 Å². The van der Waals surface area contributed by atoms with Crippen LogP contribution in [0.1, 0.15) is 25.3 Å². The largest absolute Gasteiger partial charge is 0.382 e. The number of benzene rings is 1. The molecule has 1 saturated heterocycles. The Balaban J connectivity index is 1.97. The molecule has 0 aliphatic carbocycles. The first kappa shape index (κ1) is 18.4. The first-order valence-corrected chi connectivity index (χ1v) is 9.07. The Hall–Kier alpha value is -1.40. The molecule has 134 valence electrons. The fourth-order valence-corrected chi connectivity index (χ4v) is 3.95. The van der Waals surface area contributed by atoms with Crippen LogP contribution in [0.15, 0.2) is 43.0 Å². The van der Waals surface area contributed by atoms with Crippen LogP contribution in [0, 0.1) is 0 Å². The lowest BCUT2D eigenvalue weighted by Crippen LogP contribution is -2.53. The van der Waals surface area contributed by atoms with Crippen LogP contribution in [0.2, 0.25) is 10.0 Å². The van der Waals surface area contributed by atoms with E-state index < -0.39 is 5.60 Å². The predicted molar refractivity (Wildman–Crippen MR) is 99.8 cm³/mol. The maximum absolute atomic E-state index is 11.7. The van der Waals surface area contributed by atoms with Gasteiger partial charge in [-0.2, -0.15) is 5.10 Å². The maximum atomic E-state index is 11.7. The van der Waals surface area contributed by atoms with Gasteiger partial charge in [0.25, 0.3) is 0 Å². The van der Waals surface area contributed by atoms with E-state index in [0.29, 0.717) is 15.6 Å². The maximum Gasteiger partial charge on any atom is 0.137 e. The molecule has 1 aliphatic heterocycles. The molecule has 0 amide bonds. The van der Waals surface area contributed by atoms with Crippen molar-refractivity contribution in [3.63, 3.8) is 0 Å². The number of aromatic nitrogens is 3. The summed E-state index contributed by atoms with van der Waals surface area (Å²) in [5.74, 6) is 0. The van der Waals surface area contributed by atoms with Gasteiger partial charge in [-0.25, -0.2) is 9.67 Å². The van der Waals surface area contributed by atoms with Crippen molar-refractivity contribution in [1.82, 2.24) is 19.7 Å². The Kier molecular flexibility index (Phi) is 5.49. The zero-order chi connectivity index (χ0) is 18.0. The van der Waals surface area contributed by atoms with Crippen LogP contribution in [0.4, 0.5) is 0 Å². The lowest BCUT2D eigenvalue weighted by atomic mass is 9.85. The molecular weight excluding hydrogens is 359 g/mol. The van der Waals surface area contributed by atoms with E-state index in [2.05, 4.69) is 21.6 Å². The van der Waals surface area contributed by atoms with Crippen LogP contribution in [0.5, 0.6) is 0 Å². The lowest BCUT2D eigenvalue weighted by Gasteiger charge is -2.43. The summed E-state index contributed by atoms with van der Waals surface area (Å²) in [6, 6.07) is 5.04. The number of aliphatic hydroxyl groups is 1. The van der Waals surface area contributed by atoms with E-state index in [9.17, 15) is 5.11 Å². The van der Waals surface area contributed by atoms with Gasteiger partial charge in [-0.3, -0.25) is 4.90 Å². The number of likely N-dealkylation sites (tertiary alicyclic amines) is 1. The number of piperidine rings is 1. The van der Waals surface area contributed by atoms with Crippen LogP contribution in [-0.4, -0.2) is 43.9 Å². The summed E-state index contributed by atoms with van der Waals surface area (Å²) in [7, 11) is 0. The fraction of sp³-hybridized carbons (Fsp3) is 0.444. The topological polar surface area (TPSA) is 54.2 Å². The molecular formula is C18H22Cl2N4O. The van der Waals surface area contributed by atoms with Crippen molar-refractivity contribution >= 4 is 23.2 Å². The summed E-state index contributed by atoms with van der Waals surface area (Å²) in [5, 5.41) is 16.9. The van der Waals surface area contributed by atoms with E-state index in [1.165, 1.54) is 11.9 Å². The molecule has 2 heterocycles. The highest BCUT2D eigenvalue weighted by atomic mass is 35.5. The molecule has 0 radical (unpaired) electrons. The molecule has 0 unspecified atom stereocenters. The number of hydrogen-bond donors (Lipinski definition) is 1. The Morgan fingerprint density at radius 2 is 2.04 bits per heavy atom. The number of hydrogen-bond acceptors (Lipinski definition) is 4. The average molecular weight is 381 g/mol. The highest BCUT2D eigenvalue weighted by Gasteiger charge is 2.41. The summed E-state index contributed by atoms with van der Waals surface area (Å²) in [6.45, 7) is 8.08. The van der Waals surface area contributed by atoms with E-state index in [-0.39, 0.29) is 12.6 Å². The average Bonchev–Trinajstić information content (AvgIpc) is 3.07. The van der Waals surface area contributed by atoms with E-state index >= 15 is 0 Å². The van der Waals surface area contributed by atoms with Crippen molar-refractivity contribution in [2.45, 2.75) is 38.0 Å². The lowest BCUT2D eigenvalue weighted by molar-refractivity contribution is -0.0633. The van der Waals surface area contributed by atoms with Gasteiger partial charge in [0.1, 0.15) is 18.3 Å². The van der Waals surface area contributed by atoms with Crippen molar-refractivity contribution in [3.05, 3.63) is 58.6 Å². The smallest absolute Gasteiger partial charge is 0.137 e. The molecule has 5 nitrogen and oxygen atoms in total. The van der Waals surface area contributed by atoms with Gasteiger partial charge in [0.2, 0.25) is 0 Å². The Labute approximate surface area is 157 Å². The molecule has 3 rings (SSSR count). The molecule has 1 aliphatic rings. The van der Waals surface area contributed by atoms with Crippen molar-refractivity contribution in [3.8, 4) is 0 Å². The molecule has 7 heteroatoms. The second-order valence-corrected chi connectivity index (χ2v) is 7.45. The van der Waals surface area contributed by atoms with Crippen molar-refractivity contribution < 1.29 is 5.11 Å². The Bertz CT molecular complexity index is 740. The van der Waals surface area contributed by atoms with Crippen LogP contribution in [-0.2, 0) is 12.1 Å². The van der Waals surface area contributed by atoms with Crippen LogP contribution in [0.25, 0.3) is 0 Å². The van der Waals surface area contributed by atoms with Crippen molar-refractivity contribution in [2.75, 3.05) is 13.1 Å². The molecule has 1 aromatic heterocycles. The van der Waals surface area contributed by atoms with Gasteiger partial charge in [0.05, 0.1) is 6.54 Å².